The van der Waals surface area contributed by atoms with Crippen molar-refractivity contribution in [2.75, 3.05) is 13.6 Å². The van der Waals surface area contributed by atoms with E-state index in [1.54, 1.807) is 0 Å². The van der Waals surface area contributed by atoms with Crippen molar-refractivity contribution >= 4 is 0 Å². The van der Waals surface area contributed by atoms with E-state index in [2.05, 4.69) is 11.9 Å². The van der Waals surface area contributed by atoms with Gasteiger partial charge in [-0.2, -0.15) is 0 Å². The zero-order chi connectivity index (χ0) is 7.82. The zero-order valence-electron chi connectivity index (χ0n) is 6.77. The van der Waals surface area contributed by atoms with Gasteiger partial charge in [0.15, 0.2) is 0 Å². The molecule has 60 valence electrons. The van der Waals surface area contributed by atoms with E-state index in [4.69, 9.17) is 5.73 Å². The molecule has 0 aromatic rings. The standard InChI is InChI=1S/C8H18N2/c1-3-4-5-8(9)6-7-10-2/h3,8,10H,1,4-7,9H2,2H3. The molecule has 0 radical (unpaired) electrons. The third kappa shape index (κ3) is 5.79. The van der Waals surface area contributed by atoms with E-state index >= 15 is 0 Å². The number of hydrogen-bond donors (Lipinski definition) is 2. The maximum absolute atomic E-state index is 5.76. The molecule has 0 aliphatic carbocycles. The van der Waals surface area contributed by atoms with Crippen molar-refractivity contribution < 1.29 is 0 Å². The van der Waals surface area contributed by atoms with Crippen LogP contribution in [0.3, 0.4) is 0 Å². The smallest absolute Gasteiger partial charge is 0.00538 e. The van der Waals surface area contributed by atoms with Crippen LogP contribution in [0.25, 0.3) is 0 Å². The first-order valence-corrected chi connectivity index (χ1v) is 3.82. The fourth-order valence-electron chi connectivity index (χ4n) is 0.806. The number of rotatable bonds is 6. The average Bonchev–Trinajstić information content (AvgIpc) is 1.97. The minimum Gasteiger partial charge on any atom is -0.328 e. The first-order chi connectivity index (χ1) is 4.81. The molecule has 0 bridgehead atoms. The van der Waals surface area contributed by atoms with E-state index in [-0.39, 0.29) is 0 Å². The molecule has 1 atom stereocenters. The maximum Gasteiger partial charge on any atom is 0.00538 e. The summed E-state index contributed by atoms with van der Waals surface area (Å²) >= 11 is 0. The lowest BCUT2D eigenvalue weighted by Crippen LogP contribution is -2.24. The molecule has 0 saturated heterocycles. The third-order valence-corrected chi connectivity index (χ3v) is 1.51. The highest BCUT2D eigenvalue weighted by Gasteiger charge is 1.98. The van der Waals surface area contributed by atoms with Crippen molar-refractivity contribution in [1.29, 1.82) is 0 Å². The molecule has 2 heteroatoms. The molecule has 10 heavy (non-hydrogen) atoms. The summed E-state index contributed by atoms with van der Waals surface area (Å²) < 4.78 is 0. The van der Waals surface area contributed by atoms with E-state index in [1.807, 2.05) is 13.1 Å². The lowest BCUT2D eigenvalue weighted by atomic mass is 10.1. The fourth-order valence-corrected chi connectivity index (χ4v) is 0.806. The monoisotopic (exact) mass is 142 g/mol. The summed E-state index contributed by atoms with van der Waals surface area (Å²) in [4.78, 5) is 0. The lowest BCUT2D eigenvalue weighted by molar-refractivity contribution is 0.556. The number of allylic oxidation sites excluding steroid dienone is 1. The van der Waals surface area contributed by atoms with Crippen LogP contribution in [0.2, 0.25) is 0 Å². The molecule has 3 N–H and O–H groups in total. The van der Waals surface area contributed by atoms with Crippen LogP contribution in [0.5, 0.6) is 0 Å². The number of hydrogen-bond acceptors (Lipinski definition) is 2. The summed E-state index contributed by atoms with van der Waals surface area (Å²) in [6.45, 7) is 4.65. The van der Waals surface area contributed by atoms with E-state index in [0.29, 0.717) is 6.04 Å². The SMILES string of the molecule is C=CCCC(N)CCNC. The Labute approximate surface area is 63.5 Å². The summed E-state index contributed by atoms with van der Waals surface area (Å²) in [5.41, 5.74) is 5.76. The van der Waals surface area contributed by atoms with Crippen LogP contribution in [-0.4, -0.2) is 19.6 Å². The lowest BCUT2D eigenvalue weighted by Gasteiger charge is -2.08. The van der Waals surface area contributed by atoms with E-state index in [1.165, 1.54) is 0 Å². The Hall–Kier alpha value is -0.340. The molecule has 0 fully saturated rings. The largest absolute Gasteiger partial charge is 0.328 e. The molecule has 0 aromatic carbocycles. The molecule has 0 aromatic heterocycles. The Balaban J connectivity index is 3.07. The van der Waals surface area contributed by atoms with Crippen molar-refractivity contribution in [3.63, 3.8) is 0 Å². The van der Waals surface area contributed by atoms with Gasteiger partial charge in [0.25, 0.3) is 0 Å². The van der Waals surface area contributed by atoms with Crippen LogP contribution in [0.15, 0.2) is 12.7 Å². The Bertz CT molecular complexity index is 81.3. The van der Waals surface area contributed by atoms with Gasteiger partial charge in [-0.3, -0.25) is 0 Å². The Kier molecular flexibility index (Phi) is 6.55. The Morgan fingerprint density at radius 1 is 1.60 bits per heavy atom. The van der Waals surface area contributed by atoms with Gasteiger partial charge in [-0.15, -0.1) is 6.58 Å². The van der Waals surface area contributed by atoms with Gasteiger partial charge in [-0.25, -0.2) is 0 Å². The molecule has 0 aliphatic rings. The third-order valence-electron chi connectivity index (χ3n) is 1.51. The molecule has 0 rings (SSSR count). The van der Waals surface area contributed by atoms with Crippen molar-refractivity contribution in [1.82, 2.24) is 5.32 Å². The Morgan fingerprint density at radius 3 is 2.80 bits per heavy atom. The van der Waals surface area contributed by atoms with Gasteiger partial charge >= 0.3 is 0 Å². The molecule has 0 heterocycles. The molecular weight excluding hydrogens is 124 g/mol. The van der Waals surface area contributed by atoms with Crippen LogP contribution in [-0.2, 0) is 0 Å². The molecule has 0 aliphatic heterocycles. The van der Waals surface area contributed by atoms with Crippen molar-refractivity contribution in [3.8, 4) is 0 Å². The quantitative estimate of drug-likeness (QED) is 0.540. The number of nitrogens with one attached hydrogen (secondary N) is 1. The highest BCUT2D eigenvalue weighted by atomic mass is 14.8. The van der Waals surface area contributed by atoms with E-state index < -0.39 is 0 Å². The minimum absolute atomic E-state index is 0.338. The van der Waals surface area contributed by atoms with Gasteiger partial charge in [0.05, 0.1) is 0 Å². The van der Waals surface area contributed by atoms with Gasteiger partial charge in [-0.1, -0.05) is 6.08 Å². The second-order valence-corrected chi connectivity index (χ2v) is 2.52. The van der Waals surface area contributed by atoms with Gasteiger partial charge in [0.2, 0.25) is 0 Å². The maximum atomic E-state index is 5.76. The van der Waals surface area contributed by atoms with Gasteiger partial charge in [0, 0.05) is 6.04 Å². The van der Waals surface area contributed by atoms with Crippen molar-refractivity contribution in [3.05, 3.63) is 12.7 Å². The van der Waals surface area contributed by atoms with E-state index in [9.17, 15) is 0 Å². The predicted octanol–water partition coefficient (Wildman–Crippen LogP) is 0.889. The van der Waals surface area contributed by atoms with Crippen LogP contribution in [0.4, 0.5) is 0 Å². The molecule has 1 unspecified atom stereocenters. The molecule has 0 spiro atoms. The summed E-state index contributed by atoms with van der Waals surface area (Å²) in [6.07, 6.45) is 5.07. The van der Waals surface area contributed by atoms with Gasteiger partial charge in [-0.05, 0) is 32.9 Å². The zero-order valence-corrected chi connectivity index (χ0v) is 6.77. The topological polar surface area (TPSA) is 38.0 Å². The van der Waals surface area contributed by atoms with Crippen molar-refractivity contribution in [2.45, 2.75) is 25.3 Å². The molecule has 2 nitrogen and oxygen atoms in total. The van der Waals surface area contributed by atoms with Crippen LogP contribution < -0.4 is 11.1 Å². The average molecular weight is 142 g/mol. The predicted molar refractivity (Wildman–Crippen MR) is 46.0 cm³/mol. The second kappa shape index (κ2) is 6.78. The van der Waals surface area contributed by atoms with Crippen LogP contribution >= 0.6 is 0 Å². The van der Waals surface area contributed by atoms with Gasteiger partial charge < -0.3 is 11.1 Å². The summed E-state index contributed by atoms with van der Waals surface area (Å²) in [7, 11) is 1.94. The van der Waals surface area contributed by atoms with Gasteiger partial charge in [0.1, 0.15) is 0 Å². The highest BCUT2D eigenvalue weighted by Crippen LogP contribution is 1.97. The van der Waals surface area contributed by atoms with E-state index in [0.717, 1.165) is 25.8 Å². The minimum atomic E-state index is 0.338. The number of nitrogens with two attached hydrogens (primary N) is 1. The summed E-state index contributed by atoms with van der Waals surface area (Å²) in [6, 6.07) is 0.338. The summed E-state index contributed by atoms with van der Waals surface area (Å²) in [5.74, 6) is 0. The molecule has 0 saturated carbocycles. The normalized spacial score (nSPS) is 13.0. The van der Waals surface area contributed by atoms with Crippen LogP contribution in [0, 0.1) is 0 Å². The molecular formula is C8H18N2. The first-order valence-electron chi connectivity index (χ1n) is 3.82. The summed E-state index contributed by atoms with van der Waals surface area (Å²) in [5, 5.41) is 3.07. The van der Waals surface area contributed by atoms with Crippen molar-refractivity contribution in [2.24, 2.45) is 5.73 Å². The second-order valence-electron chi connectivity index (χ2n) is 2.52. The fraction of sp³-hybridized carbons (Fsp3) is 0.750. The Morgan fingerprint density at radius 2 is 2.30 bits per heavy atom. The highest BCUT2D eigenvalue weighted by molar-refractivity contribution is 4.71. The first kappa shape index (κ1) is 9.66. The van der Waals surface area contributed by atoms with Crippen LogP contribution in [0.1, 0.15) is 19.3 Å². The molecule has 0 amide bonds.